The fraction of sp³-hybridized carbons (Fsp3) is 0.333. The van der Waals surface area contributed by atoms with Gasteiger partial charge in [0.25, 0.3) is 5.69 Å². The van der Waals surface area contributed by atoms with Crippen LogP contribution in [0.4, 0.5) is 5.69 Å². The van der Waals surface area contributed by atoms with Crippen LogP contribution in [-0.4, -0.2) is 14.6 Å². The second-order valence-electron chi connectivity index (χ2n) is 4.95. The maximum atomic E-state index is 10.7. The van der Waals surface area contributed by atoms with E-state index in [1.54, 1.807) is 6.07 Å². The summed E-state index contributed by atoms with van der Waals surface area (Å²) in [5, 5.41) is 20.7. The van der Waals surface area contributed by atoms with Crippen LogP contribution in [0.3, 0.4) is 0 Å². The zero-order valence-electron chi connectivity index (χ0n) is 11.7. The molecule has 0 radical (unpaired) electrons. The molecule has 2 rings (SSSR count). The minimum Gasteiger partial charge on any atom is -0.388 e. The summed E-state index contributed by atoms with van der Waals surface area (Å²) >= 11 is 3.37. The van der Waals surface area contributed by atoms with E-state index in [-0.39, 0.29) is 5.69 Å². The SMILES string of the molecule is CCCC(O)c1ccn(Cc2ccc([N+](=O)[O-])cc2Br)c1. The molecule has 0 saturated carbocycles. The summed E-state index contributed by atoms with van der Waals surface area (Å²) in [5.41, 5.74) is 1.92. The van der Waals surface area contributed by atoms with Crippen LogP contribution in [-0.2, 0) is 6.54 Å². The molecule has 112 valence electrons. The van der Waals surface area contributed by atoms with Crippen molar-refractivity contribution in [3.05, 3.63) is 62.4 Å². The molecule has 1 aromatic heterocycles. The average molecular weight is 353 g/mol. The van der Waals surface area contributed by atoms with Crippen molar-refractivity contribution in [3.63, 3.8) is 0 Å². The second-order valence-corrected chi connectivity index (χ2v) is 5.81. The molecule has 1 N–H and O–H groups in total. The van der Waals surface area contributed by atoms with Gasteiger partial charge in [0.2, 0.25) is 0 Å². The number of benzene rings is 1. The first-order valence-corrected chi connectivity index (χ1v) is 7.57. The van der Waals surface area contributed by atoms with Crippen molar-refractivity contribution in [1.82, 2.24) is 4.57 Å². The molecule has 0 aliphatic carbocycles. The zero-order chi connectivity index (χ0) is 15.4. The predicted octanol–water partition coefficient (Wildman–Crippen LogP) is 4.04. The normalized spacial score (nSPS) is 12.3. The monoisotopic (exact) mass is 352 g/mol. The van der Waals surface area contributed by atoms with Crippen LogP contribution < -0.4 is 0 Å². The summed E-state index contributed by atoms with van der Waals surface area (Å²) in [6.07, 6.45) is 5.05. The third-order valence-corrected chi connectivity index (χ3v) is 4.06. The molecule has 0 amide bonds. The summed E-state index contributed by atoms with van der Waals surface area (Å²) in [6, 6.07) is 6.64. The average Bonchev–Trinajstić information content (AvgIpc) is 2.90. The Labute approximate surface area is 131 Å². The van der Waals surface area contributed by atoms with Gasteiger partial charge in [-0.1, -0.05) is 29.3 Å². The standard InChI is InChI=1S/C15H17BrN2O3/c1-2-3-15(19)12-6-7-17(10-12)9-11-4-5-13(18(20)21)8-14(11)16/h4-8,10,15,19H,2-3,9H2,1H3. The van der Waals surface area contributed by atoms with Gasteiger partial charge in [-0.05, 0) is 29.7 Å². The van der Waals surface area contributed by atoms with Crippen molar-refractivity contribution in [1.29, 1.82) is 0 Å². The van der Waals surface area contributed by atoms with E-state index in [9.17, 15) is 15.2 Å². The summed E-state index contributed by atoms with van der Waals surface area (Å²) in [6.45, 7) is 2.63. The van der Waals surface area contributed by atoms with E-state index in [0.29, 0.717) is 11.0 Å². The number of rotatable bonds is 6. The van der Waals surface area contributed by atoms with Gasteiger partial charge in [-0.2, -0.15) is 0 Å². The molecule has 0 bridgehead atoms. The van der Waals surface area contributed by atoms with E-state index >= 15 is 0 Å². The largest absolute Gasteiger partial charge is 0.388 e. The molecule has 21 heavy (non-hydrogen) atoms. The molecule has 5 nitrogen and oxygen atoms in total. The molecule has 2 aromatic rings. The predicted molar refractivity (Wildman–Crippen MR) is 84.2 cm³/mol. The van der Waals surface area contributed by atoms with E-state index in [1.807, 2.05) is 30.0 Å². The number of hydrogen-bond donors (Lipinski definition) is 1. The fourth-order valence-corrected chi connectivity index (χ4v) is 2.66. The first kappa shape index (κ1) is 15.7. The van der Waals surface area contributed by atoms with E-state index in [4.69, 9.17) is 0 Å². The molecule has 1 heterocycles. The van der Waals surface area contributed by atoms with E-state index in [0.717, 1.165) is 24.0 Å². The van der Waals surface area contributed by atoms with E-state index in [2.05, 4.69) is 15.9 Å². The molecule has 0 spiro atoms. The van der Waals surface area contributed by atoms with Gasteiger partial charge in [0, 0.05) is 35.5 Å². The van der Waals surface area contributed by atoms with Crippen LogP contribution in [0.2, 0.25) is 0 Å². The van der Waals surface area contributed by atoms with Gasteiger partial charge < -0.3 is 9.67 Å². The number of halogens is 1. The minimum atomic E-state index is -0.434. The lowest BCUT2D eigenvalue weighted by Crippen LogP contribution is -1.99. The zero-order valence-corrected chi connectivity index (χ0v) is 13.3. The number of nitro groups is 1. The Kier molecular flexibility index (Phi) is 5.14. The van der Waals surface area contributed by atoms with Crippen molar-refractivity contribution in [2.24, 2.45) is 0 Å². The minimum absolute atomic E-state index is 0.0668. The van der Waals surface area contributed by atoms with Crippen molar-refractivity contribution >= 4 is 21.6 Å². The Balaban J connectivity index is 2.13. The summed E-state index contributed by atoms with van der Waals surface area (Å²) < 4.78 is 2.67. The Morgan fingerprint density at radius 2 is 2.19 bits per heavy atom. The molecular formula is C15H17BrN2O3. The molecule has 1 unspecified atom stereocenters. The highest BCUT2D eigenvalue weighted by atomic mass is 79.9. The van der Waals surface area contributed by atoms with Crippen LogP contribution >= 0.6 is 15.9 Å². The summed E-state index contributed by atoms with van der Waals surface area (Å²) in [5.74, 6) is 0. The van der Waals surface area contributed by atoms with E-state index in [1.165, 1.54) is 12.1 Å². The molecule has 0 aliphatic rings. The first-order chi connectivity index (χ1) is 10.0. The van der Waals surface area contributed by atoms with Gasteiger partial charge in [0.1, 0.15) is 0 Å². The van der Waals surface area contributed by atoms with Crippen LogP contribution in [0.5, 0.6) is 0 Å². The molecular weight excluding hydrogens is 336 g/mol. The maximum absolute atomic E-state index is 10.7. The maximum Gasteiger partial charge on any atom is 0.270 e. The van der Waals surface area contributed by atoms with E-state index < -0.39 is 11.0 Å². The smallest absolute Gasteiger partial charge is 0.270 e. The van der Waals surface area contributed by atoms with Gasteiger partial charge in [-0.15, -0.1) is 0 Å². The lowest BCUT2D eigenvalue weighted by atomic mass is 10.1. The van der Waals surface area contributed by atoms with Gasteiger partial charge in [0.05, 0.1) is 11.0 Å². The highest BCUT2D eigenvalue weighted by Crippen LogP contribution is 2.25. The Hall–Kier alpha value is -1.66. The fourth-order valence-electron chi connectivity index (χ4n) is 2.17. The molecule has 1 atom stereocenters. The number of hydrogen-bond acceptors (Lipinski definition) is 3. The van der Waals surface area contributed by atoms with Gasteiger partial charge in [-0.3, -0.25) is 10.1 Å². The Morgan fingerprint density at radius 1 is 1.43 bits per heavy atom. The lowest BCUT2D eigenvalue weighted by Gasteiger charge is -2.08. The number of non-ortho nitro benzene ring substituents is 1. The van der Waals surface area contributed by atoms with Crippen LogP contribution in [0.25, 0.3) is 0 Å². The number of nitrogens with zero attached hydrogens (tertiary/aromatic N) is 2. The first-order valence-electron chi connectivity index (χ1n) is 6.77. The molecule has 6 heteroatoms. The van der Waals surface area contributed by atoms with Gasteiger partial charge in [-0.25, -0.2) is 0 Å². The van der Waals surface area contributed by atoms with Crippen molar-refractivity contribution in [2.45, 2.75) is 32.4 Å². The number of nitro benzene ring substituents is 1. The van der Waals surface area contributed by atoms with Crippen LogP contribution in [0.15, 0.2) is 41.1 Å². The molecule has 0 aliphatic heterocycles. The molecule has 1 aromatic carbocycles. The quantitative estimate of drug-likeness (QED) is 0.629. The lowest BCUT2D eigenvalue weighted by molar-refractivity contribution is -0.384. The second kappa shape index (κ2) is 6.87. The Morgan fingerprint density at radius 3 is 2.81 bits per heavy atom. The summed E-state index contributed by atoms with van der Waals surface area (Å²) in [7, 11) is 0. The van der Waals surface area contributed by atoms with Crippen molar-refractivity contribution in [2.75, 3.05) is 0 Å². The van der Waals surface area contributed by atoms with Crippen LogP contribution in [0, 0.1) is 10.1 Å². The topological polar surface area (TPSA) is 68.3 Å². The number of aliphatic hydroxyl groups excluding tert-OH is 1. The third kappa shape index (κ3) is 3.92. The van der Waals surface area contributed by atoms with Crippen molar-refractivity contribution < 1.29 is 10.0 Å². The van der Waals surface area contributed by atoms with Crippen LogP contribution in [0.1, 0.15) is 37.0 Å². The third-order valence-electron chi connectivity index (χ3n) is 3.32. The Bertz CT molecular complexity index is 640. The molecule has 0 fully saturated rings. The highest BCUT2D eigenvalue weighted by molar-refractivity contribution is 9.10. The van der Waals surface area contributed by atoms with Gasteiger partial charge in [0.15, 0.2) is 0 Å². The summed E-state index contributed by atoms with van der Waals surface area (Å²) in [4.78, 5) is 10.3. The number of aromatic nitrogens is 1. The number of aliphatic hydroxyl groups is 1. The van der Waals surface area contributed by atoms with Crippen molar-refractivity contribution in [3.8, 4) is 0 Å². The molecule has 0 saturated heterocycles. The highest BCUT2D eigenvalue weighted by Gasteiger charge is 2.11. The van der Waals surface area contributed by atoms with Gasteiger partial charge >= 0.3 is 0 Å².